The van der Waals surface area contributed by atoms with Crippen LogP contribution in [0.5, 0.6) is 5.75 Å². The van der Waals surface area contributed by atoms with Crippen LogP contribution in [0.25, 0.3) is 22.4 Å². The fourth-order valence-corrected chi connectivity index (χ4v) is 4.28. The second kappa shape index (κ2) is 7.34. The highest BCUT2D eigenvalue weighted by Crippen LogP contribution is 2.37. The molecule has 0 saturated heterocycles. The van der Waals surface area contributed by atoms with Gasteiger partial charge in [-0.25, -0.2) is 9.37 Å². The average molecular weight is 445 g/mol. The standard InChI is InChI=1S/C23H20FN7O2/c1-12-16-7-14(24)4-5-15(16)18-8-21(32)30(3)31(18)11-17-22(19(9-25)29(2)28-17)13-6-20(33-12)23(26)27-10-13/h4-8,10,12H,11H2,1-3H3,(H2,26,27)/t12-/m1/s1. The fraction of sp³-hybridized carbons (Fsp3) is 0.217. The Morgan fingerprint density at radius 2 is 2.06 bits per heavy atom. The lowest BCUT2D eigenvalue weighted by Crippen LogP contribution is -2.20. The molecular formula is C23H20FN7O2. The number of nitrogens with zero attached hydrogens (tertiary/aromatic N) is 6. The third kappa shape index (κ3) is 3.17. The van der Waals surface area contributed by atoms with Crippen molar-refractivity contribution in [2.45, 2.75) is 19.6 Å². The summed E-state index contributed by atoms with van der Waals surface area (Å²) in [5.74, 6) is 0.0488. The molecule has 0 fully saturated rings. The molecule has 4 aromatic rings. The number of nitrogen functional groups attached to an aromatic ring is 1. The lowest BCUT2D eigenvalue weighted by atomic mass is 9.99. The van der Waals surface area contributed by atoms with E-state index in [2.05, 4.69) is 16.2 Å². The summed E-state index contributed by atoms with van der Waals surface area (Å²) in [6, 6.07) is 9.76. The van der Waals surface area contributed by atoms with Crippen molar-refractivity contribution in [1.29, 1.82) is 5.26 Å². The van der Waals surface area contributed by atoms with E-state index in [1.807, 2.05) is 0 Å². The Labute approximate surface area is 188 Å². The van der Waals surface area contributed by atoms with Crippen LogP contribution in [0.1, 0.15) is 30.0 Å². The Bertz CT molecular complexity index is 1520. The molecule has 1 aromatic carbocycles. The van der Waals surface area contributed by atoms with Gasteiger partial charge < -0.3 is 10.5 Å². The molecule has 0 unspecified atom stereocenters. The summed E-state index contributed by atoms with van der Waals surface area (Å²) in [4.78, 5) is 16.9. The van der Waals surface area contributed by atoms with Crippen molar-refractivity contribution in [3.05, 3.63) is 69.7 Å². The van der Waals surface area contributed by atoms with Gasteiger partial charge in [0.05, 0.1) is 17.9 Å². The number of nitriles is 1. The molecule has 3 aromatic heterocycles. The van der Waals surface area contributed by atoms with Crippen molar-refractivity contribution in [3.8, 4) is 34.2 Å². The minimum absolute atomic E-state index is 0.168. The van der Waals surface area contributed by atoms with Crippen LogP contribution in [0.4, 0.5) is 10.2 Å². The van der Waals surface area contributed by atoms with Gasteiger partial charge in [-0.1, -0.05) is 0 Å². The Balaban J connectivity index is 1.88. The maximum Gasteiger partial charge on any atom is 0.267 e. The highest BCUT2D eigenvalue weighted by atomic mass is 19.1. The van der Waals surface area contributed by atoms with Gasteiger partial charge >= 0.3 is 0 Å². The van der Waals surface area contributed by atoms with Crippen LogP contribution < -0.4 is 16.0 Å². The summed E-state index contributed by atoms with van der Waals surface area (Å²) in [6.07, 6.45) is 0.950. The van der Waals surface area contributed by atoms with Crippen molar-refractivity contribution in [2.24, 2.45) is 14.1 Å². The normalized spacial score (nSPS) is 14.7. The average Bonchev–Trinajstić information content (AvgIpc) is 3.25. The van der Waals surface area contributed by atoms with Crippen LogP contribution in [-0.2, 0) is 20.6 Å². The van der Waals surface area contributed by atoms with Crippen molar-refractivity contribution >= 4 is 5.82 Å². The van der Waals surface area contributed by atoms with E-state index in [0.717, 1.165) is 0 Å². The zero-order valence-electron chi connectivity index (χ0n) is 18.2. The first-order valence-corrected chi connectivity index (χ1v) is 10.2. The molecule has 10 heteroatoms. The van der Waals surface area contributed by atoms with Crippen LogP contribution in [0.2, 0.25) is 0 Å². The third-order valence-electron chi connectivity index (χ3n) is 5.95. The van der Waals surface area contributed by atoms with E-state index in [-0.39, 0.29) is 17.9 Å². The molecule has 2 N–H and O–H groups in total. The summed E-state index contributed by atoms with van der Waals surface area (Å²) >= 11 is 0. The van der Waals surface area contributed by atoms with Crippen molar-refractivity contribution in [3.63, 3.8) is 0 Å². The molecule has 9 nitrogen and oxygen atoms in total. The molecule has 5 rings (SSSR count). The number of rotatable bonds is 0. The number of pyridine rings is 1. The number of aromatic nitrogens is 5. The highest BCUT2D eigenvalue weighted by Gasteiger charge is 2.25. The molecule has 2 bridgehead atoms. The van der Waals surface area contributed by atoms with Crippen molar-refractivity contribution in [2.75, 3.05) is 5.73 Å². The number of anilines is 1. The van der Waals surface area contributed by atoms with Crippen molar-refractivity contribution in [1.82, 2.24) is 24.1 Å². The van der Waals surface area contributed by atoms with Gasteiger partial charge in [-0.15, -0.1) is 0 Å². The monoisotopic (exact) mass is 445 g/mol. The number of benzene rings is 1. The first-order valence-electron chi connectivity index (χ1n) is 10.2. The molecule has 0 aliphatic carbocycles. The number of aryl methyl sites for hydroxylation is 1. The van der Waals surface area contributed by atoms with Gasteiger partial charge in [0.25, 0.3) is 5.56 Å². The molecule has 33 heavy (non-hydrogen) atoms. The predicted molar refractivity (Wildman–Crippen MR) is 119 cm³/mol. The topological polar surface area (TPSA) is 117 Å². The minimum Gasteiger partial charge on any atom is -0.482 e. The number of fused-ring (bicyclic) bond motifs is 7. The zero-order chi connectivity index (χ0) is 23.4. The maximum atomic E-state index is 14.3. The van der Waals surface area contributed by atoms with E-state index in [1.165, 1.54) is 27.6 Å². The smallest absolute Gasteiger partial charge is 0.267 e. The van der Waals surface area contributed by atoms with E-state index in [4.69, 9.17) is 10.5 Å². The number of hydrogen-bond donors (Lipinski definition) is 1. The Hall–Kier alpha value is -4.39. The number of hydrogen-bond acceptors (Lipinski definition) is 6. The molecule has 1 aliphatic rings. The molecule has 1 atom stereocenters. The largest absolute Gasteiger partial charge is 0.482 e. The molecule has 0 spiro atoms. The van der Waals surface area contributed by atoms with E-state index in [9.17, 15) is 14.4 Å². The SMILES string of the molecule is C[C@H]1Oc2cc(cnc2N)-c2c(nn(C)c2C#N)Cn2c(cc(=O)n2C)-c2ccc(F)cc21. The summed E-state index contributed by atoms with van der Waals surface area (Å²) < 4.78 is 25.1. The molecule has 1 aliphatic heterocycles. The second-order valence-electron chi connectivity index (χ2n) is 7.95. The van der Waals surface area contributed by atoms with Gasteiger partial charge in [0.15, 0.2) is 11.6 Å². The van der Waals surface area contributed by atoms with Gasteiger partial charge in [0.1, 0.15) is 23.7 Å². The van der Waals surface area contributed by atoms with Crippen LogP contribution >= 0.6 is 0 Å². The first kappa shape index (κ1) is 20.5. The van der Waals surface area contributed by atoms with E-state index in [1.54, 1.807) is 44.0 Å². The molecule has 166 valence electrons. The minimum atomic E-state index is -0.609. The Morgan fingerprint density at radius 1 is 1.27 bits per heavy atom. The van der Waals surface area contributed by atoms with Gasteiger partial charge in [0.2, 0.25) is 0 Å². The second-order valence-corrected chi connectivity index (χ2v) is 7.95. The summed E-state index contributed by atoms with van der Waals surface area (Å²) in [5.41, 5.74) is 9.72. The molecule has 4 heterocycles. The Morgan fingerprint density at radius 3 is 2.82 bits per heavy atom. The molecule has 0 radical (unpaired) electrons. The molecule has 0 saturated carbocycles. The number of nitrogens with two attached hydrogens (primary N) is 1. The van der Waals surface area contributed by atoms with Gasteiger partial charge in [-0.2, -0.15) is 10.4 Å². The molecular weight excluding hydrogens is 425 g/mol. The maximum absolute atomic E-state index is 14.3. The van der Waals surface area contributed by atoms with Crippen LogP contribution in [0.15, 0.2) is 41.3 Å². The van der Waals surface area contributed by atoms with Crippen LogP contribution in [0.3, 0.4) is 0 Å². The van der Waals surface area contributed by atoms with Gasteiger partial charge in [-0.3, -0.25) is 18.8 Å². The summed E-state index contributed by atoms with van der Waals surface area (Å²) in [6.45, 7) is 1.97. The zero-order valence-corrected chi connectivity index (χ0v) is 18.2. The lowest BCUT2D eigenvalue weighted by Gasteiger charge is -2.22. The Kier molecular flexibility index (Phi) is 4.56. The quantitative estimate of drug-likeness (QED) is 0.445. The third-order valence-corrected chi connectivity index (χ3v) is 5.95. The van der Waals surface area contributed by atoms with E-state index >= 15 is 0 Å². The van der Waals surface area contributed by atoms with Crippen molar-refractivity contribution < 1.29 is 9.13 Å². The molecule has 0 amide bonds. The van der Waals surface area contributed by atoms with Gasteiger partial charge in [0, 0.05) is 48.6 Å². The van der Waals surface area contributed by atoms with E-state index < -0.39 is 11.9 Å². The fourth-order valence-electron chi connectivity index (χ4n) is 4.28. The highest BCUT2D eigenvalue weighted by molar-refractivity contribution is 5.74. The van der Waals surface area contributed by atoms with Gasteiger partial charge in [-0.05, 0) is 31.2 Å². The summed E-state index contributed by atoms with van der Waals surface area (Å²) in [5, 5.41) is 14.4. The first-order chi connectivity index (χ1) is 15.8. The number of halogens is 1. The lowest BCUT2D eigenvalue weighted by molar-refractivity contribution is 0.227. The van der Waals surface area contributed by atoms with Crippen LogP contribution in [0, 0.1) is 17.1 Å². The summed E-state index contributed by atoms with van der Waals surface area (Å²) in [7, 11) is 3.33. The number of ether oxygens (including phenoxy) is 1. The van der Waals surface area contributed by atoms with E-state index in [0.29, 0.717) is 45.1 Å². The van der Waals surface area contributed by atoms with Crippen LogP contribution in [-0.4, -0.2) is 24.1 Å². The predicted octanol–water partition coefficient (Wildman–Crippen LogP) is 2.74.